The van der Waals surface area contributed by atoms with Crippen LogP contribution in [0.25, 0.3) is 0 Å². The zero-order valence-electron chi connectivity index (χ0n) is 18.9. The summed E-state index contributed by atoms with van der Waals surface area (Å²) in [6, 6.07) is -3.97. The summed E-state index contributed by atoms with van der Waals surface area (Å²) >= 11 is 0. The smallest absolute Gasteiger partial charge is 0.338 e. The Hall–Kier alpha value is -3.50. The minimum atomic E-state index is -1.55. The Morgan fingerprint density at radius 1 is 1.03 bits per heavy atom. The second-order valence-electron chi connectivity index (χ2n) is 6.97. The molecule has 0 fully saturated rings. The normalized spacial score (nSPS) is 13.0. The molecule has 0 saturated heterocycles. The Morgan fingerprint density at radius 2 is 1.71 bits per heavy atom. The molecule has 0 aliphatic rings. The van der Waals surface area contributed by atoms with Gasteiger partial charge in [0.15, 0.2) is 0 Å². The van der Waals surface area contributed by atoms with E-state index in [1.807, 2.05) is 0 Å². The molecule has 3 amide bonds. The van der Waals surface area contributed by atoms with Crippen molar-refractivity contribution >= 4 is 35.6 Å². The lowest BCUT2D eigenvalue weighted by molar-refractivity contribution is -0.459. The average Bonchev–Trinajstić information content (AvgIpc) is 2.77. The summed E-state index contributed by atoms with van der Waals surface area (Å²) in [7, 11) is 1.42. The first-order valence-corrected chi connectivity index (χ1v) is 10.2. The molecule has 0 aromatic heterocycles. The third kappa shape index (κ3) is 13.8. The summed E-state index contributed by atoms with van der Waals surface area (Å²) in [6.45, 7) is -0.904. The van der Waals surface area contributed by atoms with Crippen LogP contribution in [0.5, 0.6) is 0 Å². The van der Waals surface area contributed by atoms with Crippen LogP contribution in [-0.4, -0.2) is 104 Å². The first-order valence-electron chi connectivity index (χ1n) is 10.2. The van der Waals surface area contributed by atoms with Gasteiger partial charge in [-0.25, -0.2) is 4.79 Å². The summed E-state index contributed by atoms with van der Waals surface area (Å²) in [6.07, 6.45) is -0.255. The maximum atomic E-state index is 12.3. The van der Waals surface area contributed by atoms with Crippen LogP contribution in [0.2, 0.25) is 0 Å². The van der Waals surface area contributed by atoms with E-state index in [1.54, 1.807) is 0 Å². The van der Waals surface area contributed by atoms with E-state index < -0.39 is 67.4 Å². The number of methoxy groups -OCH3 is 1. The number of aliphatic hydroxyl groups is 1. The molecule has 0 heterocycles. The number of carboxylic acid groups (broad SMARTS) is 1. The molecular weight excluding hydrogens is 458 g/mol. The summed E-state index contributed by atoms with van der Waals surface area (Å²) in [5.74, 6) is -4.83. The first-order chi connectivity index (χ1) is 16.0. The summed E-state index contributed by atoms with van der Waals surface area (Å²) in [5, 5.41) is 24.5. The van der Waals surface area contributed by atoms with Crippen LogP contribution in [0, 0.1) is 0 Å². The van der Waals surface area contributed by atoms with Gasteiger partial charge in [-0.2, -0.15) is 0 Å². The van der Waals surface area contributed by atoms with Crippen molar-refractivity contribution < 1.29 is 48.7 Å². The lowest BCUT2D eigenvalue weighted by Gasteiger charge is -2.20. The number of esters is 1. The lowest BCUT2D eigenvalue weighted by Crippen LogP contribution is -2.78. The molecule has 0 spiro atoms. The number of guanidine groups is 1. The predicted molar refractivity (Wildman–Crippen MR) is 115 cm³/mol. The number of carbonyl (C=O) groups is 5. The number of carbonyl (C=O) groups excluding carboxylic acids is 4. The van der Waals surface area contributed by atoms with Gasteiger partial charge in [0.05, 0.1) is 32.7 Å². The number of amides is 3. The number of ether oxygens (including phenoxy) is 2. The number of rotatable bonds is 17. The number of aliphatic carboxylic acids is 1. The van der Waals surface area contributed by atoms with Gasteiger partial charge in [-0.3, -0.25) is 35.6 Å². The van der Waals surface area contributed by atoms with Gasteiger partial charge in [0.25, 0.3) is 0 Å². The van der Waals surface area contributed by atoms with Crippen molar-refractivity contribution in [2.75, 3.05) is 40.0 Å². The summed E-state index contributed by atoms with van der Waals surface area (Å²) < 4.78 is 9.82. The fraction of sp³-hybridized carbons (Fsp3) is 0.667. The molecule has 0 rings (SSSR count). The van der Waals surface area contributed by atoms with Gasteiger partial charge in [-0.15, -0.1) is 0 Å². The van der Waals surface area contributed by atoms with Crippen molar-refractivity contribution in [1.29, 1.82) is 0 Å². The molecule has 194 valence electrons. The van der Waals surface area contributed by atoms with E-state index in [-0.39, 0.29) is 25.6 Å². The van der Waals surface area contributed by atoms with E-state index in [9.17, 15) is 24.0 Å². The van der Waals surface area contributed by atoms with Crippen molar-refractivity contribution in [3.05, 3.63) is 0 Å². The number of nitrogens with one attached hydrogen (secondary N) is 4. The lowest BCUT2D eigenvalue weighted by atomic mass is 10.1. The van der Waals surface area contributed by atoms with Gasteiger partial charge in [0.2, 0.25) is 17.7 Å². The van der Waals surface area contributed by atoms with Gasteiger partial charge in [-0.05, 0) is 12.8 Å². The average molecular weight is 493 g/mol. The fourth-order valence-corrected chi connectivity index (χ4v) is 2.40. The van der Waals surface area contributed by atoms with Gasteiger partial charge >= 0.3 is 17.9 Å². The number of aliphatic hydroxyl groups excluding tert-OH is 1. The summed E-state index contributed by atoms with van der Waals surface area (Å²) in [5.41, 5.74) is 15.9. The summed E-state index contributed by atoms with van der Waals surface area (Å²) in [4.78, 5) is 62.3. The van der Waals surface area contributed by atoms with Crippen molar-refractivity contribution in [3.8, 4) is 0 Å². The van der Waals surface area contributed by atoms with Crippen LogP contribution in [0.3, 0.4) is 0 Å². The van der Waals surface area contributed by atoms with E-state index in [1.165, 1.54) is 7.11 Å². The predicted octanol–water partition coefficient (Wildman–Crippen LogP) is -6.81. The molecule has 0 aliphatic carbocycles. The van der Waals surface area contributed by atoms with Gasteiger partial charge in [-0.1, -0.05) is 0 Å². The highest BCUT2D eigenvalue weighted by atomic mass is 16.6. The van der Waals surface area contributed by atoms with Crippen LogP contribution >= 0.6 is 0 Å². The third-order valence-electron chi connectivity index (χ3n) is 4.12. The zero-order chi connectivity index (χ0) is 26.1. The highest BCUT2D eigenvalue weighted by Crippen LogP contribution is 2.00. The molecule has 0 aliphatic heterocycles. The van der Waals surface area contributed by atoms with Crippen LogP contribution < -0.4 is 38.1 Å². The third-order valence-corrected chi connectivity index (χ3v) is 4.12. The fourth-order valence-electron chi connectivity index (χ4n) is 2.40. The number of carboxylic acids is 1. The number of hydrogen-bond donors (Lipinski definition) is 9. The number of hydrogen-bond acceptors (Lipinski definition) is 9. The quantitative estimate of drug-likeness (QED) is 0.0396. The Bertz CT molecular complexity index is 729. The highest BCUT2D eigenvalue weighted by molar-refractivity contribution is 5.94. The Balaban J connectivity index is 4.98. The van der Waals surface area contributed by atoms with Crippen molar-refractivity contribution in [2.24, 2.45) is 17.2 Å². The zero-order valence-corrected chi connectivity index (χ0v) is 18.9. The molecule has 12 N–H and O–H groups in total. The Morgan fingerprint density at radius 3 is 2.26 bits per heavy atom. The van der Waals surface area contributed by atoms with E-state index >= 15 is 0 Å². The van der Waals surface area contributed by atoms with Crippen molar-refractivity contribution in [1.82, 2.24) is 16.0 Å². The molecule has 0 aromatic rings. The maximum Gasteiger partial charge on any atom is 0.338 e. The monoisotopic (exact) mass is 492 g/mol. The van der Waals surface area contributed by atoms with Crippen LogP contribution in [0.15, 0.2) is 0 Å². The Kier molecular flexibility index (Phi) is 15.3. The minimum absolute atomic E-state index is 0.00563. The molecule has 3 atom stereocenters. The van der Waals surface area contributed by atoms with E-state index in [2.05, 4.69) is 20.9 Å². The van der Waals surface area contributed by atoms with Gasteiger partial charge < -0.3 is 41.4 Å². The van der Waals surface area contributed by atoms with Crippen molar-refractivity contribution in [3.63, 3.8) is 0 Å². The molecule has 34 heavy (non-hydrogen) atoms. The second-order valence-corrected chi connectivity index (χ2v) is 6.97. The topological polar surface area (TPSA) is 272 Å². The Labute approximate surface area is 195 Å². The standard InChI is InChI=1S/C18H33N7O9/c1-33-5-6-34-17(32)11(3-2-4-22-18(20)21)24-13(27)8-23-16(31)12(7-14(28)29)25-15(30)10(19)9-26/h10-12,26H,2-9,19H2,1H3,(H,23,31)(H,24,27)(H,25,30)(H,28,29)(H4,20,21,22)/p+1. The molecular formula is C18H34N7O9+. The largest absolute Gasteiger partial charge is 0.481 e. The van der Waals surface area contributed by atoms with Crippen LogP contribution in [-0.2, 0) is 33.4 Å². The van der Waals surface area contributed by atoms with Gasteiger partial charge in [0, 0.05) is 7.11 Å². The molecule has 16 heteroatoms. The molecule has 16 nitrogen and oxygen atoms in total. The molecule has 0 aromatic carbocycles. The first kappa shape index (κ1) is 30.5. The van der Waals surface area contributed by atoms with E-state index in [4.69, 9.17) is 36.9 Å². The van der Waals surface area contributed by atoms with E-state index in [0.717, 1.165) is 0 Å². The molecule has 0 saturated carbocycles. The maximum absolute atomic E-state index is 12.3. The molecule has 0 bridgehead atoms. The number of nitrogens with two attached hydrogens (primary N) is 3. The van der Waals surface area contributed by atoms with Gasteiger partial charge in [0.1, 0.15) is 24.7 Å². The van der Waals surface area contributed by atoms with E-state index in [0.29, 0.717) is 13.0 Å². The SMILES string of the molecule is COCCOC(=O)C(CCC[NH+]=C(N)N)NC(=O)CNC(=O)C(CC(=O)O)NC(=O)C(N)CO. The second kappa shape index (κ2) is 17.0. The molecule has 0 radical (unpaired) electrons. The molecule has 3 unspecified atom stereocenters. The highest BCUT2D eigenvalue weighted by Gasteiger charge is 2.27. The van der Waals surface area contributed by atoms with Crippen LogP contribution in [0.4, 0.5) is 0 Å². The van der Waals surface area contributed by atoms with Crippen molar-refractivity contribution in [2.45, 2.75) is 37.4 Å². The minimum Gasteiger partial charge on any atom is -0.481 e. The van der Waals surface area contributed by atoms with Crippen LogP contribution in [0.1, 0.15) is 19.3 Å².